The number of amides is 1. The van der Waals surface area contributed by atoms with E-state index in [0.717, 1.165) is 32.2 Å². The third kappa shape index (κ3) is 3.78. The second kappa shape index (κ2) is 6.24. The standard InChI is InChI=1S/C13H25NO2/c1-4-10(2)8-13(16)14-7-5-6-12(14)9-11(3)15/h10-12,15H,4-9H2,1-3H3. The molecular formula is C13H25NO2. The number of likely N-dealkylation sites (tertiary alicyclic amines) is 1. The van der Waals surface area contributed by atoms with Crippen LogP contribution >= 0.6 is 0 Å². The molecule has 1 heterocycles. The fraction of sp³-hybridized carbons (Fsp3) is 0.923. The maximum absolute atomic E-state index is 12.1. The quantitative estimate of drug-likeness (QED) is 0.782. The molecule has 3 atom stereocenters. The average Bonchev–Trinajstić information content (AvgIpc) is 2.64. The number of rotatable bonds is 5. The summed E-state index contributed by atoms with van der Waals surface area (Å²) in [5.74, 6) is 0.748. The van der Waals surface area contributed by atoms with Crippen LogP contribution in [0.3, 0.4) is 0 Å². The van der Waals surface area contributed by atoms with Crippen LogP contribution in [0.15, 0.2) is 0 Å². The molecule has 3 nitrogen and oxygen atoms in total. The highest BCUT2D eigenvalue weighted by Crippen LogP contribution is 2.23. The summed E-state index contributed by atoms with van der Waals surface area (Å²) >= 11 is 0. The van der Waals surface area contributed by atoms with Crippen molar-refractivity contribution in [3.8, 4) is 0 Å². The lowest BCUT2D eigenvalue weighted by molar-refractivity contribution is -0.133. The van der Waals surface area contributed by atoms with Crippen molar-refractivity contribution < 1.29 is 9.90 Å². The molecule has 1 saturated heterocycles. The zero-order valence-electron chi connectivity index (χ0n) is 10.8. The maximum Gasteiger partial charge on any atom is 0.223 e. The number of aliphatic hydroxyl groups excluding tert-OH is 1. The van der Waals surface area contributed by atoms with Crippen LogP contribution in [0.2, 0.25) is 0 Å². The molecular weight excluding hydrogens is 202 g/mol. The van der Waals surface area contributed by atoms with Crippen molar-refractivity contribution in [2.75, 3.05) is 6.54 Å². The number of aliphatic hydroxyl groups is 1. The summed E-state index contributed by atoms with van der Waals surface area (Å²) in [5, 5.41) is 9.40. The van der Waals surface area contributed by atoms with Crippen molar-refractivity contribution >= 4 is 5.91 Å². The first kappa shape index (κ1) is 13.5. The number of nitrogens with zero attached hydrogens (tertiary/aromatic N) is 1. The summed E-state index contributed by atoms with van der Waals surface area (Å²) in [6.07, 6.45) is 4.28. The maximum atomic E-state index is 12.1. The van der Waals surface area contributed by atoms with Gasteiger partial charge in [0.25, 0.3) is 0 Å². The monoisotopic (exact) mass is 227 g/mol. The Morgan fingerprint density at radius 3 is 2.75 bits per heavy atom. The number of carbonyl (C=O) groups excluding carboxylic acids is 1. The number of hydrogen-bond donors (Lipinski definition) is 1. The van der Waals surface area contributed by atoms with E-state index in [-0.39, 0.29) is 18.1 Å². The zero-order valence-corrected chi connectivity index (χ0v) is 10.8. The first-order valence-electron chi connectivity index (χ1n) is 6.52. The van der Waals surface area contributed by atoms with E-state index in [2.05, 4.69) is 13.8 Å². The van der Waals surface area contributed by atoms with Crippen LogP contribution in [0.1, 0.15) is 52.9 Å². The van der Waals surface area contributed by atoms with Gasteiger partial charge in [-0.3, -0.25) is 4.79 Å². The second-order valence-corrected chi connectivity index (χ2v) is 5.19. The minimum absolute atomic E-state index is 0.275. The molecule has 0 aromatic heterocycles. The summed E-state index contributed by atoms with van der Waals surface area (Å²) in [4.78, 5) is 14.0. The van der Waals surface area contributed by atoms with Crippen molar-refractivity contribution in [1.29, 1.82) is 0 Å². The molecule has 0 saturated carbocycles. The van der Waals surface area contributed by atoms with Gasteiger partial charge in [-0.25, -0.2) is 0 Å². The molecule has 0 radical (unpaired) electrons. The summed E-state index contributed by atoms with van der Waals surface area (Å²) in [6.45, 7) is 6.93. The van der Waals surface area contributed by atoms with Gasteiger partial charge >= 0.3 is 0 Å². The molecule has 0 bridgehead atoms. The normalized spacial score (nSPS) is 24.5. The van der Waals surface area contributed by atoms with E-state index in [1.54, 1.807) is 6.92 Å². The SMILES string of the molecule is CCC(C)CC(=O)N1CCCC1CC(C)O. The number of hydrogen-bond acceptors (Lipinski definition) is 2. The Morgan fingerprint density at radius 2 is 2.19 bits per heavy atom. The topological polar surface area (TPSA) is 40.5 Å². The van der Waals surface area contributed by atoms with Crippen LogP contribution in [0, 0.1) is 5.92 Å². The van der Waals surface area contributed by atoms with Gasteiger partial charge in [0.2, 0.25) is 5.91 Å². The number of carbonyl (C=O) groups is 1. The molecule has 1 rings (SSSR count). The van der Waals surface area contributed by atoms with E-state index < -0.39 is 0 Å². The Balaban J connectivity index is 2.47. The van der Waals surface area contributed by atoms with E-state index in [4.69, 9.17) is 0 Å². The molecule has 3 unspecified atom stereocenters. The van der Waals surface area contributed by atoms with E-state index >= 15 is 0 Å². The fourth-order valence-corrected chi connectivity index (χ4v) is 2.36. The van der Waals surface area contributed by atoms with Gasteiger partial charge in [0.1, 0.15) is 0 Å². The minimum atomic E-state index is -0.304. The Kier molecular flexibility index (Phi) is 5.26. The average molecular weight is 227 g/mol. The molecule has 1 fully saturated rings. The van der Waals surface area contributed by atoms with Crippen molar-refractivity contribution in [3.63, 3.8) is 0 Å². The van der Waals surface area contributed by atoms with Crippen LogP contribution in [0.4, 0.5) is 0 Å². The first-order valence-corrected chi connectivity index (χ1v) is 6.52. The Morgan fingerprint density at radius 1 is 1.50 bits per heavy atom. The summed E-state index contributed by atoms with van der Waals surface area (Å²) in [6, 6.07) is 0.275. The highest BCUT2D eigenvalue weighted by atomic mass is 16.3. The third-order valence-corrected chi connectivity index (χ3v) is 3.53. The summed E-state index contributed by atoms with van der Waals surface area (Å²) in [7, 11) is 0. The minimum Gasteiger partial charge on any atom is -0.393 e. The van der Waals surface area contributed by atoms with Gasteiger partial charge in [0.05, 0.1) is 6.10 Å². The molecule has 0 aromatic rings. The predicted molar refractivity (Wildman–Crippen MR) is 65.1 cm³/mol. The molecule has 0 spiro atoms. The highest BCUT2D eigenvalue weighted by Gasteiger charge is 2.29. The summed E-state index contributed by atoms with van der Waals surface area (Å²) < 4.78 is 0. The van der Waals surface area contributed by atoms with E-state index in [1.165, 1.54) is 0 Å². The van der Waals surface area contributed by atoms with Crippen LogP contribution in [-0.4, -0.2) is 34.6 Å². The largest absolute Gasteiger partial charge is 0.393 e. The third-order valence-electron chi connectivity index (χ3n) is 3.53. The van der Waals surface area contributed by atoms with Crippen molar-refractivity contribution in [1.82, 2.24) is 4.90 Å². The highest BCUT2D eigenvalue weighted by molar-refractivity contribution is 5.77. The van der Waals surface area contributed by atoms with Crippen LogP contribution in [0.25, 0.3) is 0 Å². The second-order valence-electron chi connectivity index (χ2n) is 5.19. The van der Waals surface area contributed by atoms with Gasteiger partial charge in [-0.2, -0.15) is 0 Å². The molecule has 16 heavy (non-hydrogen) atoms. The molecule has 1 N–H and O–H groups in total. The van der Waals surface area contributed by atoms with Crippen molar-refractivity contribution in [2.24, 2.45) is 5.92 Å². The van der Waals surface area contributed by atoms with Crippen molar-refractivity contribution in [2.45, 2.75) is 65.0 Å². The van der Waals surface area contributed by atoms with E-state index in [0.29, 0.717) is 12.3 Å². The van der Waals surface area contributed by atoms with Gasteiger partial charge in [0, 0.05) is 19.0 Å². The molecule has 0 aliphatic carbocycles. The lowest BCUT2D eigenvalue weighted by Crippen LogP contribution is -2.37. The van der Waals surface area contributed by atoms with E-state index in [9.17, 15) is 9.90 Å². The summed E-state index contributed by atoms with van der Waals surface area (Å²) in [5.41, 5.74) is 0. The van der Waals surface area contributed by atoms with Gasteiger partial charge in [-0.1, -0.05) is 20.3 Å². The Hall–Kier alpha value is -0.570. The Bertz CT molecular complexity index is 228. The lowest BCUT2D eigenvalue weighted by Gasteiger charge is -2.26. The van der Waals surface area contributed by atoms with Gasteiger partial charge in [-0.15, -0.1) is 0 Å². The first-order chi connectivity index (χ1) is 7.54. The van der Waals surface area contributed by atoms with Gasteiger partial charge in [0.15, 0.2) is 0 Å². The van der Waals surface area contributed by atoms with Crippen molar-refractivity contribution in [3.05, 3.63) is 0 Å². The van der Waals surface area contributed by atoms with Gasteiger partial charge < -0.3 is 10.0 Å². The molecule has 94 valence electrons. The molecule has 1 aliphatic heterocycles. The molecule has 1 amide bonds. The molecule has 3 heteroatoms. The van der Waals surface area contributed by atoms with Gasteiger partial charge in [-0.05, 0) is 32.1 Å². The van der Waals surface area contributed by atoms with Crippen LogP contribution in [-0.2, 0) is 4.79 Å². The lowest BCUT2D eigenvalue weighted by atomic mass is 10.0. The fourth-order valence-electron chi connectivity index (χ4n) is 2.36. The van der Waals surface area contributed by atoms with Crippen LogP contribution in [0.5, 0.6) is 0 Å². The molecule has 0 aromatic carbocycles. The smallest absolute Gasteiger partial charge is 0.223 e. The predicted octanol–water partition coefficient (Wildman–Crippen LogP) is 2.18. The molecule has 1 aliphatic rings. The Labute approximate surface area is 98.8 Å². The van der Waals surface area contributed by atoms with Crippen LogP contribution < -0.4 is 0 Å². The van der Waals surface area contributed by atoms with E-state index in [1.807, 2.05) is 4.90 Å². The zero-order chi connectivity index (χ0) is 12.1.